The normalized spacial score (nSPS) is 17.5. The second-order valence-electron chi connectivity index (χ2n) is 1.97. The Morgan fingerprint density at radius 2 is 2.09 bits per heavy atom. The van der Waals surface area contributed by atoms with Gasteiger partial charge < -0.3 is 5.11 Å². The van der Waals surface area contributed by atoms with Gasteiger partial charge in [0, 0.05) is 6.42 Å². The molecule has 0 aromatic carbocycles. The van der Waals surface area contributed by atoms with Crippen molar-refractivity contribution in [3.05, 3.63) is 0 Å². The van der Waals surface area contributed by atoms with Crippen LogP contribution < -0.4 is 0 Å². The molecule has 2 unspecified atom stereocenters. The lowest BCUT2D eigenvalue weighted by molar-refractivity contribution is 0.241. The summed E-state index contributed by atoms with van der Waals surface area (Å²) < 4.78 is -1.04. The minimum absolute atomic E-state index is 0.238. The predicted molar refractivity (Wildman–Crippen MR) is 47.1 cm³/mol. The van der Waals surface area contributed by atoms with E-state index in [1.807, 2.05) is 12.1 Å². The highest BCUT2D eigenvalue weighted by Crippen LogP contribution is 2.30. The number of aliphatic hydroxyl groups is 1. The lowest BCUT2D eigenvalue weighted by Gasteiger charge is -2.19. The van der Waals surface area contributed by atoms with Crippen LogP contribution in [0.15, 0.2) is 0 Å². The van der Waals surface area contributed by atoms with Crippen molar-refractivity contribution in [3.63, 3.8) is 0 Å². The second-order valence-corrected chi connectivity index (χ2v) is 4.25. The van der Waals surface area contributed by atoms with E-state index in [0.29, 0.717) is 6.42 Å². The van der Waals surface area contributed by atoms with Crippen molar-refractivity contribution in [1.82, 2.24) is 0 Å². The zero-order chi connectivity index (χ0) is 8.91. The molecule has 5 heteroatoms. The predicted octanol–water partition coefficient (Wildman–Crippen LogP) is 1.66. The summed E-state index contributed by atoms with van der Waals surface area (Å²) in [6.07, 6.45) is 0.536. The number of nitrogens with zero attached hydrogens (tertiary/aromatic N) is 2. The molecule has 0 bridgehead atoms. The van der Waals surface area contributed by atoms with E-state index in [4.69, 9.17) is 15.6 Å². The molecule has 0 saturated carbocycles. The topological polar surface area (TPSA) is 67.8 Å². The summed E-state index contributed by atoms with van der Waals surface area (Å²) in [5, 5.41) is 24.9. The Labute approximate surface area is 81.9 Å². The van der Waals surface area contributed by atoms with Crippen LogP contribution in [-0.2, 0) is 0 Å². The molecule has 0 heterocycles. The van der Waals surface area contributed by atoms with Crippen LogP contribution in [0.4, 0.5) is 0 Å². The van der Waals surface area contributed by atoms with E-state index in [0.717, 1.165) is 0 Å². The molecule has 0 fully saturated rings. The summed E-state index contributed by atoms with van der Waals surface area (Å²) in [4.78, 5) is 0. The van der Waals surface area contributed by atoms with Crippen LogP contribution in [0.2, 0.25) is 0 Å². The number of hydrogen-bond donors (Lipinski definition) is 1. The standard InChI is InChI=1S/C6H6Br2N2O/c7-5(11)6(8,4-10)2-1-3-9/h5,11H,1-2H2. The van der Waals surface area contributed by atoms with Gasteiger partial charge in [-0.15, -0.1) is 0 Å². The minimum Gasteiger partial charge on any atom is -0.379 e. The van der Waals surface area contributed by atoms with Crippen molar-refractivity contribution < 1.29 is 5.11 Å². The maximum Gasteiger partial charge on any atom is 0.148 e. The molecule has 11 heavy (non-hydrogen) atoms. The van der Waals surface area contributed by atoms with Gasteiger partial charge in [-0.05, 0) is 6.42 Å². The van der Waals surface area contributed by atoms with Crippen LogP contribution in [0, 0.1) is 22.7 Å². The van der Waals surface area contributed by atoms with Crippen LogP contribution in [0.1, 0.15) is 12.8 Å². The molecule has 3 nitrogen and oxygen atoms in total. The van der Waals surface area contributed by atoms with Crippen molar-refractivity contribution in [3.8, 4) is 12.1 Å². The van der Waals surface area contributed by atoms with Gasteiger partial charge in [0.05, 0.1) is 12.1 Å². The average Bonchev–Trinajstić information content (AvgIpc) is 2.00. The first kappa shape index (κ1) is 10.9. The lowest BCUT2D eigenvalue weighted by atomic mass is 10.1. The molecule has 0 rings (SSSR count). The smallest absolute Gasteiger partial charge is 0.148 e. The van der Waals surface area contributed by atoms with Gasteiger partial charge in [0.2, 0.25) is 0 Å². The van der Waals surface area contributed by atoms with E-state index in [-0.39, 0.29) is 6.42 Å². The molecule has 0 aromatic rings. The van der Waals surface area contributed by atoms with Gasteiger partial charge in [0.25, 0.3) is 0 Å². The number of alkyl halides is 2. The van der Waals surface area contributed by atoms with Gasteiger partial charge in [0.15, 0.2) is 0 Å². The van der Waals surface area contributed by atoms with Crippen LogP contribution >= 0.6 is 31.9 Å². The fourth-order valence-electron chi connectivity index (χ4n) is 0.466. The highest BCUT2D eigenvalue weighted by molar-refractivity contribution is 9.12. The van der Waals surface area contributed by atoms with E-state index in [1.165, 1.54) is 0 Å². The Balaban J connectivity index is 4.16. The van der Waals surface area contributed by atoms with E-state index < -0.39 is 9.34 Å². The number of rotatable bonds is 3. The number of nitriles is 2. The van der Waals surface area contributed by atoms with E-state index in [1.54, 1.807) is 0 Å². The molecule has 0 radical (unpaired) electrons. The Kier molecular flexibility index (Phi) is 4.67. The van der Waals surface area contributed by atoms with Crippen molar-refractivity contribution in [2.24, 2.45) is 0 Å². The first-order valence-corrected chi connectivity index (χ1v) is 4.57. The summed E-state index contributed by atoms with van der Waals surface area (Å²) in [7, 11) is 0. The number of halogens is 2. The van der Waals surface area contributed by atoms with Gasteiger partial charge in [-0.25, -0.2) is 0 Å². The molecule has 0 aliphatic heterocycles. The summed E-state index contributed by atoms with van der Waals surface area (Å²) in [5.41, 5.74) is 0. The Morgan fingerprint density at radius 3 is 2.36 bits per heavy atom. The first-order chi connectivity index (χ1) is 5.06. The minimum atomic E-state index is -1.04. The Hall–Kier alpha value is -0.100. The quantitative estimate of drug-likeness (QED) is 0.800. The van der Waals surface area contributed by atoms with Gasteiger partial charge in [-0.3, -0.25) is 0 Å². The average molecular weight is 282 g/mol. The van der Waals surface area contributed by atoms with Crippen LogP contribution in [0.3, 0.4) is 0 Å². The van der Waals surface area contributed by atoms with Crippen molar-refractivity contribution >= 4 is 31.9 Å². The Morgan fingerprint density at radius 1 is 1.55 bits per heavy atom. The third-order valence-electron chi connectivity index (χ3n) is 1.16. The summed E-state index contributed by atoms with van der Waals surface area (Å²) in [6, 6.07) is 3.78. The molecule has 0 saturated heterocycles. The van der Waals surface area contributed by atoms with Crippen molar-refractivity contribution in [1.29, 1.82) is 10.5 Å². The molecule has 2 atom stereocenters. The number of aliphatic hydroxyl groups excluding tert-OH is 1. The number of hydrogen-bond acceptors (Lipinski definition) is 3. The molecule has 0 aromatic heterocycles. The molecule has 0 aliphatic rings. The van der Waals surface area contributed by atoms with Gasteiger partial charge in [-0.1, -0.05) is 31.9 Å². The SMILES string of the molecule is N#CCCC(Br)(C#N)C(O)Br. The van der Waals surface area contributed by atoms with Crippen LogP contribution in [0.25, 0.3) is 0 Å². The zero-order valence-electron chi connectivity index (χ0n) is 5.59. The molecule has 1 N–H and O–H groups in total. The maximum absolute atomic E-state index is 9.04. The maximum atomic E-state index is 9.04. The third-order valence-corrected chi connectivity index (χ3v) is 3.57. The monoisotopic (exact) mass is 280 g/mol. The van der Waals surface area contributed by atoms with Crippen molar-refractivity contribution in [2.45, 2.75) is 22.2 Å². The second kappa shape index (κ2) is 4.71. The van der Waals surface area contributed by atoms with Gasteiger partial charge in [-0.2, -0.15) is 10.5 Å². The lowest BCUT2D eigenvalue weighted by Crippen LogP contribution is -2.29. The molecular weight excluding hydrogens is 276 g/mol. The molecular formula is C6H6Br2N2O. The fourth-order valence-corrected chi connectivity index (χ4v) is 0.996. The molecule has 60 valence electrons. The highest BCUT2D eigenvalue weighted by atomic mass is 79.9. The first-order valence-electron chi connectivity index (χ1n) is 2.86. The molecule has 0 amide bonds. The summed E-state index contributed by atoms with van der Waals surface area (Å²) >= 11 is 5.90. The van der Waals surface area contributed by atoms with E-state index >= 15 is 0 Å². The van der Waals surface area contributed by atoms with Gasteiger partial charge in [0.1, 0.15) is 9.34 Å². The van der Waals surface area contributed by atoms with Crippen molar-refractivity contribution in [2.75, 3.05) is 0 Å². The van der Waals surface area contributed by atoms with Gasteiger partial charge >= 0.3 is 0 Å². The third kappa shape index (κ3) is 3.20. The molecule has 0 aliphatic carbocycles. The van der Waals surface area contributed by atoms with E-state index in [9.17, 15) is 0 Å². The summed E-state index contributed by atoms with van der Waals surface area (Å²) in [6.45, 7) is 0. The molecule has 0 spiro atoms. The van der Waals surface area contributed by atoms with Crippen LogP contribution in [0.5, 0.6) is 0 Å². The zero-order valence-corrected chi connectivity index (χ0v) is 8.76. The largest absolute Gasteiger partial charge is 0.379 e. The summed E-state index contributed by atoms with van der Waals surface area (Å²) in [5.74, 6) is 0. The fraction of sp³-hybridized carbons (Fsp3) is 0.667. The van der Waals surface area contributed by atoms with E-state index in [2.05, 4.69) is 31.9 Å². The van der Waals surface area contributed by atoms with Crippen LogP contribution in [-0.4, -0.2) is 14.4 Å². The highest BCUT2D eigenvalue weighted by Gasteiger charge is 2.33. The Bertz CT molecular complexity index is 206.